The highest BCUT2D eigenvalue weighted by Gasteiger charge is 2.32. The first-order valence-corrected chi connectivity index (χ1v) is 12.4. The lowest BCUT2D eigenvalue weighted by Gasteiger charge is -2.22. The minimum absolute atomic E-state index is 0.0405. The highest BCUT2D eigenvalue weighted by Crippen LogP contribution is 2.46. The molecule has 1 N–H and O–H groups in total. The van der Waals surface area contributed by atoms with Crippen LogP contribution in [0.15, 0.2) is 35.2 Å². The van der Waals surface area contributed by atoms with Crippen LogP contribution in [0.4, 0.5) is 0 Å². The lowest BCUT2D eigenvalue weighted by molar-refractivity contribution is 0.0931. The summed E-state index contributed by atoms with van der Waals surface area (Å²) in [6, 6.07) is 5.96. The summed E-state index contributed by atoms with van der Waals surface area (Å²) in [5.74, 6) is 1.19. The number of nitrogens with zero attached hydrogens (tertiary/aromatic N) is 4. The van der Waals surface area contributed by atoms with Gasteiger partial charge in [-0.25, -0.2) is 4.68 Å². The normalized spacial score (nSPS) is 12.6. The number of rotatable bonds is 5. The van der Waals surface area contributed by atoms with E-state index in [0.717, 1.165) is 39.3 Å². The van der Waals surface area contributed by atoms with E-state index in [9.17, 15) is 4.79 Å². The number of amides is 1. The molecule has 4 aromatic rings. The predicted molar refractivity (Wildman–Crippen MR) is 136 cm³/mol. The Morgan fingerprint density at radius 2 is 2.06 bits per heavy atom. The topological polar surface area (TPSA) is 83.2 Å². The third kappa shape index (κ3) is 4.10. The Balaban J connectivity index is 1.71. The molecule has 0 unspecified atom stereocenters. The lowest BCUT2D eigenvalue weighted by Crippen LogP contribution is -2.33. The predicted octanol–water partition coefficient (Wildman–Crippen LogP) is 4.99. The van der Waals surface area contributed by atoms with E-state index in [0.29, 0.717) is 23.7 Å². The molecule has 1 aliphatic heterocycles. The molecule has 0 fully saturated rings. The fraction of sp³-hybridized carbons (Fsp3) is 0.346. The van der Waals surface area contributed by atoms with Gasteiger partial charge in [0.25, 0.3) is 5.91 Å². The molecule has 182 valence electrons. The number of benzene rings is 1. The molecule has 0 radical (unpaired) electrons. The quantitative estimate of drug-likeness (QED) is 0.425. The Morgan fingerprint density at radius 3 is 2.69 bits per heavy atom. The van der Waals surface area contributed by atoms with Gasteiger partial charge in [0, 0.05) is 41.7 Å². The molecule has 0 saturated carbocycles. The van der Waals surface area contributed by atoms with Gasteiger partial charge in [0.2, 0.25) is 0 Å². The summed E-state index contributed by atoms with van der Waals surface area (Å²) < 4.78 is 15.6. The van der Waals surface area contributed by atoms with Crippen LogP contribution < -0.4 is 14.8 Å². The van der Waals surface area contributed by atoms with Crippen LogP contribution in [0.1, 0.15) is 42.4 Å². The Hall–Kier alpha value is -3.59. The fourth-order valence-corrected chi connectivity index (χ4v) is 4.96. The first-order chi connectivity index (χ1) is 16.7. The molecule has 0 saturated heterocycles. The maximum atomic E-state index is 13.2. The molecular weight excluding hydrogens is 462 g/mol. The summed E-state index contributed by atoms with van der Waals surface area (Å²) in [5, 5.41) is 16.3. The zero-order chi connectivity index (χ0) is 24.9. The first kappa shape index (κ1) is 23.2. The van der Waals surface area contributed by atoms with Crippen LogP contribution in [-0.2, 0) is 13.7 Å². The number of fused-ring (bicyclic) bond motifs is 3. The zero-order valence-electron chi connectivity index (χ0n) is 20.8. The van der Waals surface area contributed by atoms with E-state index < -0.39 is 0 Å². The number of carbonyl (C=O) groups is 1. The van der Waals surface area contributed by atoms with Crippen molar-refractivity contribution in [2.24, 2.45) is 12.5 Å². The molecule has 3 aromatic heterocycles. The van der Waals surface area contributed by atoms with Gasteiger partial charge in [0.15, 0.2) is 5.69 Å². The van der Waals surface area contributed by atoms with Gasteiger partial charge < -0.3 is 14.8 Å². The molecule has 1 aromatic carbocycles. The molecule has 0 spiro atoms. The van der Waals surface area contributed by atoms with Crippen LogP contribution in [-0.4, -0.2) is 39.1 Å². The van der Waals surface area contributed by atoms with Crippen molar-refractivity contribution in [1.82, 2.24) is 24.9 Å². The highest BCUT2D eigenvalue weighted by atomic mass is 32.1. The monoisotopic (exact) mass is 491 g/mol. The van der Waals surface area contributed by atoms with Crippen molar-refractivity contribution in [2.75, 3.05) is 13.7 Å². The Bertz CT molecular complexity index is 1390. The molecule has 1 aliphatic rings. The van der Waals surface area contributed by atoms with Crippen molar-refractivity contribution < 1.29 is 14.3 Å². The number of aryl methyl sites for hydroxylation is 2. The average molecular weight is 492 g/mol. The van der Waals surface area contributed by atoms with Gasteiger partial charge in [-0.05, 0) is 35.4 Å². The van der Waals surface area contributed by atoms with Gasteiger partial charge in [0.05, 0.1) is 30.4 Å². The van der Waals surface area contributed by atoms with Crippen molar-refractivity contribution in [3.05, 3.63) is 52.0 Å². The minimum Gasteiger partial charge on any atom is -0.496 e. The summed E-state index contributed by atoms with van der Waals surface area (Å²) in [6.45, 7) is 9.07. The highest BCUT2D eigenvalue weighted by molar-refractivity contribution is 7.08. The summed E-state index contributed by atoms with van der Waals surface area (Å²) >= 11 is 1.58. The Labute approximate surface area is 208 Å². The number of carbonyl (C=O) groups excluding carboxylic acids is 1. The largest absolute Gasteiger partial charge is 0.496 e. The van der Waals surface area contributed by atoms with Gasteiger partial charge >= 0.3 is 0 Å². The SMILES string of the molecule is COc1cc2c(cc1-c1c(C)cnn1C)-c1c(c(C(=O)NCC(C)(C)C)nn1-c1ccsc1)CO2. The molecule has 35 heavy (non-hydrogen) atoms. The minimum atomic E-state index is -0.201. The van der Waals surface area contributed by atoms with Crippen LogP contribution in [0.2, 0.25) is 0 Å². The molecule has 0 atom stereocenters. The number of nitrogens with one attached hydrogen (secondary N) is 1. The number of aromatic nitrogens is 4. The summed E-state index contributed by atoms with van der Waals surface area (Å²) in [5.41, 5.74) is 6.63. The number of methoxy groups -OCH3 is 1. The van der Waals surface area contributed by atoms with Crippen LogP contribution in [0.5, 0.6) is 11.5 Å². The molecule has 1 amide bonds. The summed E-state index contributed by atoms with van der Waals surface area (Å²) in [6.07, 6.45) is 1.84. The van der Waals surface area contributed by atoms with Crippen molar-refractivity contribution in [2.45, 2.75) is 34.3 Å². The van der Waals surface area contributed by atoms with Gasteiger partial charge in [-0.1, -0.05) is 20.8 Å². The van der Waals surface area contributed by atoms with Crippen LogP contribution in [0, 0.1) is 12.3 Å². The molecule has 4 heterocycles. The first-order valence-electron chi connectivity index (χ1n) is 11.4. The second-order valence-corrected chi connectivity index (χ2v) is 10.7. The number of hydrogen-bond acceptors (Lipinski definition) is 6. The van der Waals surface area contributed by atoms with E-state index in [4.69, 9.17) is 14.6 Å². The van der Waals surface area contributed by atoms with E-state index in [1.807, 2.05) is 52.4 Å². The van der Waals surface area contributed by atoms with Crippen molar-refractivity contribution in [3.8, 4) is 39.7 Å². The Kier molecular flexibility index (Phi) is 5.67. The van der Waals surface area contributed by atoms with E-state index in [1.165, 1.54) is 0 Å². The number of hydrogen-bond donors (Lipinski definition) is 1. The molecule has 8 nitrogen and oxygen atoms in total. The van der Waals surface area contributed by atoms with Crippen molar-refractivity contribution in [1.29, 1.82) is 0 Å². The molecule has 5 rings (SSSR count). The third-order valence-electron chi connectivity index (χ3n) is 6.03. The number of ether oxygens (including phenoxy) is 2. The Morgan fingerprint density at radius 1 is 1.26 bits per heavy atom. The smallest absolute Gasteiger partial charge is 0.272 e. The maximum Gasteiger partial charge on any atom is 0.272 e. The molecule has 0 bridgehead atoms. The van der Waals surface area contributed by atoms with Gasteiger partial charge in [-0.15, -0.1) is 0 Å². The zero-order valence-corrected chi connectivity index (χ0v) is 21.6. The van der Waals surface area contributed by atoms with Crippen molar-refractivity contribution in [3.63, 3.8) is 0 Å². The van der Waals surface area contributed by atoms with E-state index >= 15 is 0 Å². The van der Waals surface area contributed by atoms with E-state index in [2.05, 4.69) is 37.3 Å². The maximum absolute atomic E-state index is 13.2. The lowest BCUT2D eigenvalue weighted by atomic mass is 9.96. The van der Waals surface area contributed by atoms with Crippen LogP contribution in [0.3, 0.4) is 0 Å². The molecule has 0 aliphatic carbocycles. The third-order valence-corrected chi connectivity index (χ3v) is 6.71. The van der Waals surface area contributed by atoms with Crippen LogP contribution >= 0.6 is 11.3 Å². The summed E-state index contributed by atoms with van der Waals surface area (Å²) in [4.78, 5) is 13.2. The van der Waals surface area contributed by atoms with Crippen LogP contribution in [0.25, 0.3) is 28.2 Å². The standard InChI is InChI=1S/C26H29N5O3S/c1-15-11-28-30(5)23(15)17-9-18-21(10-20(17)33-6)34-12-19-22(25(32)27-14-26(2,3)4)29-31(24(18)19)16-7-8-35-13-16/h7-11,13H,12,14H2,1-6H3,(H,27,32). The molecule has 9 heteroatoms. The molecular formula is C26H29N5O3S. The second-order valence-electron chi connectivity index (χ2n) is 9.95. The summed E-state index contributed by atoms with van der Waals surface area (Å²) in [7, 11) is 3.56. The van der Waals surface area contributed by atoms with Gasteiger partial charge in [-0.2, -0.15) is 21.5 Å². The second kappa shape index (κ2) is 8.57. The van der Waals surface area contributed by atoms with Crippen molar-refractivity contribution >= 4 is 17.2 Å². The average Bonchev–Trinajstić information content (AvgIpc) is 3.55. The van der Waals surface area contributed by atoms with E-state index in [1.54, 1.807) is 18.4 Å². The van der Waals surface area contributed by atoms with Gasteiger partial charge in [-0.3, -0.25) is 9.48 Å². The number of thiophene rings is 1. The van der Waals surface area contributed by atoms with Gasteiger partial charge in [0.1, 0.15) is 18.1 Å². The van der Waals surface area contributed by atoms with E-state index in [-0.39, 0.29) is 17.9 Å². The fourth-order valence-electron chi connectivity index (χ4n) is 4.34.